The van der Waals surface area contributed by atoms with Crippen LogP contribution in [0.5, 0.6) is 0 Å². The summed E-state index contributed by atoms with van der Waals surface area (Å²) < 4.78 is 13.8. The van der Waals surface area contributed by atoms with Crippen LogP contribution >= 0.6 is 0 Å². The second-order valence-corrected chi connectivity index (χ2v) is 4.37. The van der Waals surface area contributed by atoms with Crippen LogP contribution < -0.4 is 5.32 Å². The van der Waals surface area contributed by atoms with Gasteiger partial charge >= 0.3 is 5.97 Å². The van der Waals surface area contributed by atoms with Gasteiger partial charge in [-0.05, 0) is 24.1 Å². The average Bonchev–Trinajstić information content (AvgIpc) is 2.84. The Hall–Kier alpha value is -2.77. The van der Waals surface area contributed by atoms with Gasteiger partial charge < -0.3 is 10.4 Å². The van der Waals surface area contributed by atoms with Gasteiger partial charge in [-0.2, -0.15) is 0 Å². The molecule has 0 radical (unpaired) electrons. The molecule has 0 saturated carbocycles. The standard InChI is InChI=1S/C13H13FN4O3/c14-10-4-1-9(2-5-10)3-6-12(19)15-11-7-18(17-16-11)8-13(20)21/h1-2,4-5,7H,3,6,8H2,(H,15,19)(H,20,21). The molecular weight excluding hydrogens is 279 g/mol. The normalized spacial score (nSPS) is 10.3. The highest BCUT2D eigenvalue weighted by Gasteiger charge is 2.08. The number of nitrogens with zero attached hydrogens (tertiary/aromatic N) is 3. The van der Waals surface area contributed by atoms with Crippen LogP contribution in [0.25, 0.3) is 0 Å². The topological polar surface area (TPSA) is 97.1 Å². The number of halogens is 1. The third-order valence-corrected chi connectivity index (χ3v) is 2.66. The Morgan fingerprint density at radius 2 is 2.00 bits per heavy atom. The lowest BCUT2D eigenvalue weighted by Crippen LogP contribution is -2.12. The van der Waals surface area contributed by atoms with E-state index in [2.05, 4.69) is 15.6 Å². The maximum atomic E-state index is 12.7. The van der Waals surface area contributed by atoms with Crippen molar-refractivity contribution in [1.82, 2.24) is 15.0 Å². The highest BCUT2D eigenvalue weighted by molar-refractivity contribution is 5.89. The van der Waals surface area contributed by atoms with E-state index in [4.69, 9.17) is 5.11 Å². The van der Waals surface area contributed by atoms with Crippen molar-refractivity contribution in [2.24, 2.45) is 0 Å². The number of benzene rings is 1. The second-order valence-electron chi connectivity index (χ2n) is 4.37. The van der Waals surface area contributed by atoms with Crippen LogP contribution in [-0.2, 0) is 22.6 Å². The molecule has 21 heavy (non-hydrogen) atoms. The third-order valence-electron chi connectivity index (χ3n) is 2.66. The lowest BCUT2D eigenvalue weighted by atomic mass is 10.1. The predicted molar refractivity (Wildman–Crippen MR) is 71.0 cm³/mol. The Kier molecular flexibility index (Phi) is 4.60. The molecule has 7 nitrogen and oxygen atoms in total. The van der Waals surface area contributed by atoms with Gasteiger partial charge in [0.2, 0.25) is 5.91 Å². The molecule has 0 aliphatic heterocycles. The zero-order valence-electron chi connectivity index (χ0n) is 11.0. The number of rotatable bonds is 6. The van der Waals surface area contributed by atoms with Crippen LogP contribution in [0.3, 0.4) is 0 Å². The first-order chi connectivity index (χ1) is 10.0. The fourth-order valence-corrected chi connectivity index (χ4v) is 1.69. The first-order valence-electron chi connectivity index (χ1n) is 6.19. The maximum Gasteiger partial charge on any atom is 0.325 e. The van der Waals surface area contributed by atoms with Gasteiger partial charge in [0.25, 0.3) is 0 Å². The molecule has 1 aromatic heterocycles. The number of anilines is 1. The average molecular weight is 292 g/mol. The lowest BCUT2D eigenvalue weighted by Gasteiger charge is -2.02. The molecule has 0 atom stereocenters. The molecule has 0 unspecified atom stereocenters. The third kappa shape index (κ3) is 4.68. The minimum absolute atomic E-state index is 0.195. The van der Waals surface area contributed by atoms with Crippen molar-refractivity contribution in [3.63, 3.8) is 0 Å². The number of hydrogen-bond donors (Lipinski definition) is 2. The predicted octanol–water partition coefficient (Wildman–Crippen LogP) is 1.07. The molecule has 0 spiro atoms. The first-order valence-corrected chi connectivity index (χ1v) is 6.19. The summed E-state index contributed by atoms with van der Waals surface area (Å²) in [4.78, 5) is 22.2. The minimum Gasteiger partial charge on any atom is -0.480 e. The molecule has 0 fully saturated rings. The highest BCUT2D eigenvalue weighted by Crippen LogP contribution is 2.07. The van der Waals surface area contributed by atoms with E-state index in [1.165, 1.54) is 18.3 Å². The van der Waals surface area contributed by atoms with Crippen molar-refractivity contribution in [2.45, 2.75) is 19.4 Å². The van der Waals surface area contributed by atoms with Crippen LogP contribution in [0.4, 0.5) is 10.2 Å². The largest absolute Gasteiger partial charge is 0.480 e. The number of carbonyl (C=O) groups excluding carboxylic acids is 1. The zero-order chi connectivity index (χ0) is 15.2. The van der Waals surface area contributed by atoms with E-state index < -0.39 is 5.97 Å². The van der Waals surface area contributed by atoms with E-state index in [9.17, 15) is 14.0 Å². The molecule has 110 valence electrons. The highest BCUT2D eigenvalue weighted by atomic mass is 19.1. The fourth-order valence-electron chi connectivity index (χ4n) is 1.69. The van der Waals surface area contributed by atoms with Crippen LogP contribution in [0.15, 0.2) is 30.5 Å². The van der Waals surface area contributed by atoms with Crippen LogP contribution in [0.2, 0.25) is 0 Å². The molecule has 0 saturated heterocycles. The van der Waals surface area contributed by atoms with Gasteiger partial charge in [0.15, 0.2) is 5.82 Å². The maximum absolute atomic E-state index is 12.7. The number of aryl methyl sites for hydroxylation is 1. The number of hydrogen-bond acceptors (Lipinski definition) is 4. The van der Waals surface area contributed by atoms with Gasteiger partial charge in [-0.25, -0.2) is 9.07 Å². The molecule has 0 aliphatic carbocycles. The summed E-state index contributed by atoms with van der Waals surface area (Å²) >= 11 is 0. The first kappa shape index (κ1) is 14.6. The Morgan fingerprint density at radius 3 is 2.67 bits per heavy atom. The number of carboxylic acids is 1. The van der Waals surface area contributed by atoms with E-state index >= 15 is 0 Å². The quantitative estimate of drug-likeness (QED) is 0.830. The summed E-state index contributed by atoms with van der Waals surface area (Å²) in [6.07, 6.45) is 2.01. The molecule has 2 N–H and O–H groups in total. The van der Waals surface area contributed by atoms with Gasteiger partial charge in [0, 0.05) is 6.42 Å². The number of aromatic nitrogens is 3. The van der Waals surface area contributed by atoms with E-state index in [1.807, 2.05) is 0 Å². The minimum atomic E-state index is -1.05. The molecular formula is C13H13FN4O3. The molecule has 8 heteroatoms. The van der Waals surface area contributed by atoms with Gasteiger partial charge in [0.1, 0.15) is 12.4 Å². The van der Waals surface area contributed by atoms with Crippen LogP contribution in [0.1, 0.15) is 12.0 Å². The number of carbonyl (C=O) groups is 2. The fraction of sp³-hybridized carbons (Fsp3) is 0.231. The van der Waals surface area contributed by atoms with Crippen molar-refractivity contribution < 1.29 is 19.1 Å². The Bertz CT molecular complexity index is 639. The van der Waals surface area contributed by atoms with Crippen molar-refractivity contribution in [1.29, 1.82) is 0 Å². The van der Waals surface area contributed by atoms with Crippen LogP contribution in [-0.4, -0.2) is 32.0 Å². The number of amides is 1. The number of nitrogens with one attached hydrogen (secondary N) is 1. The van der Waals surface area contributed by atoms with E-state index in [-0.39, 0.29) is 30.5 Å². The van der Waals surface area contributed by atoms with Gasteiger partial charge in [-0.3, -0.25) is 9.59 Å². The van der Waals surface area contributed by atoms with E-state index in [0.29, 0.717) is 6.42 Å². The monoisotopic (exact) mass is 292 g/mol. The summed E-state index contributed by atoms with van der Waals surface area (Å²) in [5.74, 6) is -1.45. The van der Waals surface area contributed by atoms with E-state index in [0.717, 1.165) is 10.2 Å². The second kappa shape index (κ2) is 6.60. The lowest BCUT2D eigenvalue weighted by molar-refractivity contribution is -0.137. The van der Waals surface area contributed by atoms with Crippen molar-refractivity contribution in [3.8, 4) is 0 Å². The Morgan fingerprint density at radius 1 is 1.29 bits per heavy atom. The molecule has 2 aromatic rings. The summed E-state index contributed by atoms with van der Waals surface area (Å²) in [6.45, 7) is -0.321. The number of aliphatic carboxylic acids is 1. The summed E-state index contributed by atoms with van der Waals surface area (Å²) in [7, 11) is 0. The Labute approximate surface area is 119 Å². The summed E-state index contributed by atoms with van der Waals surface area (Å²) in [5, 5.41) is 18.3. The van der Waals surface area contributed by atoms with E-state index in [1.54, 1.807) is 12.1 Å². The number of carboxylic acid groups (broad SMARTS) is 1. The van der Waals surface area contributed by atoms with Crippen molar-refractivity contribution in [3.05, 3.63) is 41.8 Å². The molecule has 1 amide bonds. The van der Waals surface area contributed by atoms with Crippen molar-refractivity contribution >= 4 is 17.7 Å². The summed E-state index contributed by atoms with van der Waals surface area (Å²) in [5.41, 5.74) is 0.848. The molecule has 0 bridgehead atoms. The van der Waals surface area contributed by atoms with Crippen molar-refractivity contribution in [2.75, 3.05) is 5.32 Å². The van der Waals surface area contributed by atoms with Gasteiger partial charge in [0.05, 0.1) is 6.20 Å². The summed E-state index contributed by atoms with van der Waals surface area (Å²) in [6, 6.07) is 5.91. The molecule has 1 aromatic carbocycles. The molecule has 1 heterocycles. The van der Waals surface area contributed by atoms with Gasteiger partial charge in [-0.15, -0.1) is 5.10 Å². The van der Waals surface area contributed by atoms with Gasteiger partial charge in [-0.1, -0.05) is 17.3 Å². The molecule has 2 rings (SSSR count). The zero-order valence-corrected chi connectivity index (χ0v) is 11.0. The SMILES string of the molecule is O=C(O)Cn1cc(NC(=O)CCc2ccc(F)cc2)nn1. The smallest absolute Gasteiger partial charge is 0.325 e. The molecule has 0 aliphatic rings. The Balaban J connectivity index is 1.82. The van der Waals surface area contributed by atoms with Crippen LogP contribution in [0, 0.1) is 5.82 Å².